The fourth-order valence-corrected chi connectivity index (χ4v) is 2.13. The Morgan fingerprint density at radius 1 is 1.47 bits per heavy atom. The standard InChI is InChI=1S/C13H16BrNO4/c1-8(13(17)18)7-15(2)12(16)9-4-5-11(19-3)10(14)6-9/h4-6,8H,7H2,1-3H3,(H,17,18). The SMILES string of the molecule is COc1ccc(C(=O)N(C)CC(C)C(=O)O)cc1Br. The van der Waals surface area contributed by atoms with Crippen molar-refractivity contribution in [2.45, 2.75) is 6.92 Å². The Morgan fingerprint density at radius 2 is 2.11 bits per heavy atom. The van der Waals surface area contributed by atoms with Gasteiger partial charge in [0, 0.05) is 19.2 Å². The zero-order valence-electron chi connectivity index (χ0n) is 11.0. The molecule has 0 bridgehead atoms. The summed E-state index contributed by atoms with van der Waals surface area (Å²) in [5.74, 6) is -1.11. The van der Waals surface area contributed by atoms with Crippen molar-refractivity contribution in [3.63, 3.8) is 0 Å². The van der Waals surface area contributed by atoms with Crippen molar-refractivity contribution in [1.29, 1.82) is 0 Å². The van der Waals surface area contributed by atoms with Gasteiger partial charge in [0.1, 0.15) is 5.75 Å². The molecule has 0 saturated heterocycles. The largest absolute Gasteiger partial charge is 0.496 e. The van der Waals surface area contributed by atoms with E-state index in [1.54, 1.807) is 39.3 Å². The highest BCUT2D eigenvalue weighted by atomic mass is 79.9. The summed E-state index contributed by atoms with van der Waals surface area (Å²) in [6.07, 6.45) is 0. The summed E-state index contributed by atoms with van der Waals surface area (Å²) in [7, 11) is 3.13. The van der Waals surface area contributed by atoms with Crippen LogP contribution in [0.5, 0.6) is 5.75 Å². The van der Waals surface area contributed by atoms with Crippen LogP contribution in [0, 0.1) is 5.92 Å². The number of amides is 1. The van der Waals surface area contributed by atoms with Crippen LogP contribution in [-0.2, 0) is 4.79 Å². The first kappa shape index (κ1) is 15.5. The van der Waals surface area contributed by atoms with E-state index >= 15 is 0 Å². The quantitative estimate of drug-likeness (QED) is 0.899. The number of carbonyl (C=O) groups is 2. The zero-order valence-corrected chi connectivity index (χ0v) is 12.6. The van der Waals surface area contributed by atoms with E-state index in [1.807, 2.05) is 0 Å². The average molecular weight is 330 g/mol. The summed E-state index contributed by atoms with van der Waals surface area (Å²) in [5.41, 5.74) is 0.479. The second kappa shape index (κ2) is 6.56. The van der Waals surface area contributed by atoms with Gasteiger partial charge in [0.2, 0.25) is 0 Å². The van der Waals surface area contributed by atoms with Crippen molar-refractivity contribution >= 4 is 27.8 Å². The molecule has 1 atom stereocenters. The second-order valence-corrected chi connectivity index (χ2v) is 5.13. The van der Waals surface area contributed by atoms with Gasteiger partial charge in [0.15, 0.2) is 0 Å². The monoisotopic (exact) mass is 329 g/mol. The van der Waals surface area contributed by atoms with Crippen molar-refractivity contribution in [1.82, 2.24) is 4.90 Å². The van der Waals surface area contributed by atoms with Crippen molar-refractivity contribution in [3.05, 3.63) is 28.2 Å². The molecule has 104 valence electrons. The molecule has 0 saturated carbocycles. The van der Waals surface area contributed by atoms with Crippen LogP contribution in [0.2, 0.25) is 0 Å². The lowest BCUT2D eigenvalue weighted by Gasteiger charge is -2.19. The summed E-state index contributed by atoms with van der Waals surface area (Å²) >= 11 is 3.31. The number of carbonyl (C=O) groups excluding carboxylic acids is 1. The molecule has 0 spiro atoms. The van der Waals surface area contributed by atoms with E-state index < -0.39 is 11.9 Å². The predicted octanol–water partition coefficient (Wildman–Crippen LogP) is 2.25. The van der Waals surface area contributed by atoms with Gasteiger partial charge >= 0.3 is 5.97 Å². The number of carboxylic acid groups (broad SMARTS) is 1. The number of ether oxygens (including phenoxy) is 1. The molecule has 0 aliphatic carbocycles. The van der Waals surface area contributed by atoms with E-state index in [4.69, 9.17) is 9.84 Å². The third-order valence-corrected chi connectivity index (χ3v) is 3.33. The summed E-state index contributed by atoms with van der Waals surface area (Å²) in [5, 5.41) is 8.83. The number of benzene rings is 1. The molecular formula is C13H16BrNO4. The molecule has 0 radical (unpaired) electrons. The summed E-state index contributed by atoms with van der Waals surface area (Å²) in [4.78, 5) is 24.3. The van der Waals surface area contributed by atoms with E-state index in [-0.39, 0.29) is 12.5 Å². The fraction of sp³-hybridized carbons (Fsp3) is 0.385. The van der Waals surface area contributed by atoms with Gasteiger partial charge < -0.3 is 14.7 Å². The Morgan fingerprint density at radius 3 is 2.58 bits per heavy atom. The molecule has 0 aliphatic rings. The summed E-state index contributed by atoms with van der Waals surface area (Å²) < 4.78 is 5.77. The predicted molar refractivity (Wildman–Crippen MR) is 74.5 cm³/mol. The second-order valence-electron chi connectivity index (χ2n) is 4.27. The number of rotatable bonds is 5. The number of hydrogen-bond donors (Lipinski definition) is 1. The number of hydrogen-bond acceptors (Lipinski definition) is 3. The molecule has 1 rings (SSSR count). The molecule has 1 unspecified atom stereocenters. The third kappa shape index (κ3) is 3.96. The van der Waals surface area contributed by atoms with Gasteiger partial charge in [-0.25, -0.2) is 0 Å². The fourth-order valence-electron chi connectivity index (χ4n) is 1.59. The molecule has 1 N–H and O–H groups in total. The molecule has 19 heavy (non-hydrogen) atoms. The Balaban J connectivity index is 2.82. The maximum atomic E-state index is 12.1. The van der Waals surface area contributed by atoms with E-state index in [2.05, 4.69) is 15.9 Å². The Hall–Kier alpha value is -1.56. The van der Waals surface area contributed by atoms with Crippen molar-refractivity contribution in [3.8, 4) is 5.75 Å². The highest BCUT2D eigenvalue weighted by Crippen LogP contribution is 2.26. The molecule has 6 heteroatoms. The van der Waals surface area contributed by atoms with Gasteiger partial charge in [0.05, 0.1) is 17.5 Å². The summed E-state index contributed by atoms with van der Waals surface area (Å²) in [6, 6.07) is 4.99. The lowest BCUT2D eigenvalue weighted by Crippen LogP contribution is -2.33. The lowest BCUT2D eigenvalue weighted by molar-refractivity contribution is -0.141. The van der Waals surface area contributed by atoms with Crippen LogP contribution in [0.15, 0.2) is 22.7 Å². The molecule has 0 aromatic heterocycles. The normalized spacial score (nSPS) is 11.8. The number of halogens is 1. The van der Waals surface area contributed by atoms with E-state index in [1.165, 1.54) is 4.90 Å². The van der Waals surface area contributed by atoms with Gasteiger partial charge in [-0.2, -0.15) is 0 Å². The van der Waals surface area contributed by atoms with Gasteiger partial charge in [-0.15, -0.1) is 0 Å². The molecule has 1 aromatic rings. The number of carboxylic acids is 1. The maximum Gasteiger partial charge on any atom is 0.308 e. The molecule has 5 nitrogen and oxygen atoms in total. The minimum Gasteiger partial charge on any atom is -0.496 e. The van der Waals surface area contributed by atoms with Gasteiger partial charge in [0.25, 0.3) is 5.91 Å². The van der Waals surface area contributed by atoms with Gasteiger partial charge in [-0.3, -0.25) is 9.59 Å². The smallest absolute Gasteiger partial charge is 0.308 e. The molecule has 0 fully saturated rings. The number of aliphatic carboxylic acids is 1. The van der Waals surface area contributed by atoms with Crippen LogP contribution >= 0.6 is 15.9 Å². The Labute approximate surface area is 120 Å². The molecule has 1 amide bonds. The Bertz CT molecular complexity index is 490. The van der Waals surface area contributed by atoms with Crippen LogP contribution < -0.4 is 4.74 Å². The van der Waals surface area contributed by atoms with Crippen LogP contribution in [-0.4, -0.2) is 42.6 Å². The minimum absolute atomic E-state index is 0.164. The highest BCUT2D eigenvalue weighted by Gasteiger charge is 2.19. The Kier molecular flexibility index (Phi) is 5.35. The minimum atomic E-state index is -0.921. The highest BCUT2D eigenvalue weighted by molar-refractivity contribution is 9.10. The van der Waals surface area contributed by atoms with E-state index in [0.717, 1.165) is 0 Å². The van der Waals surface area contributed by atoms with E-state index in [9.17, 15) is 9.59 Å². The number of nitrogens with zero attached hydrogens (tertiary/aromatic N) is 1. The van der Waals surface area contributed by atoms with Crippen molar-refractivity contribution in [2.75, 3.05) is 20.7 Å². The summed E-state index contributed by atoms with van der Waals surface area (Å²) in [6.45, 7) is 1.73. The molecular weight excluding hydrogens is 314 g/mol. The van der Waals surface area contributed by atoms with Crippen molar-refractivity contribution in [2.24, 2.45) is 5.92 Å². The topological polar surface area (TPSA) is 66.8 Å². The lowest BCUT2D eigenvalue weighted by atomic mass is 10.1. The average Bonchev–Trinajstić information content (AvgIpc) is 2.37. The first-order chi connectivity index (χ1) is 8.86. The molecule has 1 aromatic carbocycles. The molecule has 0 aliphatic heterocycles. The third-order valence-electron chi connectivity index (χ3n) is 2.71. The van der Waals surface area contributed by atoms with Gasteiger partial charge in [-0.05, 0) is 34.1 Å². The number of methoxy groups -OCH3 is 1. The van der Waals surface area contributed by atoms with Crippen LogP contribution in [0.1, 0.15) is 17.3 Å². The van der Waals surface area contributed by atoms with Crippen LogP contribution in [0.25, 0.3) is 0 Å². The van der Waals surface area contributed by atoms with Crippen molar-refractivity contribution < 1.29 is 19.4 Å². The van der Waals surface area contributed by atoms with Crippen LogP contribution in [0.3, 0.4) is 0 Å². The first-order valence-electron chi connectivity index (χ1n) is 5.68. The zero-order chi connectivity index (χ0) is 14.6. The van der Waals surface area contributed by atoms with E-state index in [0.29, 0.717) is 15.8 Å². The molecule has 0 heterocycles. The van der Waals surface area contributed by atoms with Gasteiger partial charge in [-0.1, -0.05) is 6.92 Å². The van der Waals surface area contributed by atoms with Crippen LogP contribution in [0.4, 0.5) is 0 Å². The maximum absolute atomic E-state index is 12.1. The first-order valence-corrected chi connectivity index (χ1v) is 6.48.